The number of aryl methyl sites for hydroxylation is 1. The first kappa shape index (κ1) is 22.1. The second-order valence-corrected chi connectivity index (χ2v) is 9.16. The number of sulfone groups is 1. The predicted molar refractivity (Wildman–Crippen MR) is 98.0 cm³/mol. The van der Waals surface area contributed by atoms with Gasteiger partial charge < -0.3 is 14.2 Å². The van der Waals surface area contributed by atoms with E-state index < -0.39 is 28.0 Å². The largest absolute Gasteiger partial charge is 0.480 e. The number of carbonyl (C=O) groups excluding carboxylic acids is 1. The highest BCUT2D eigenvalue weighted by Crippen LogP contribution is 2.32. The monoisotopic (exact) mass is 447 g/mol. The summed E-state index contributed by atoms with van der Waals surface area (Å²) in [6.07, 6.45) is -5.36. The molecule has 0 radical (unpaired) electrons. The standard InChI is InChI=1S/C18H20F3N3O5S/c1-10(18(19,20)21)28-15-5-4-13(30(3,26)27)8-14(15)17(25)24-7-6-12(9-24)16-22-11(2)23-29-16/h4-5,8,10,12H,6-7,9H2,1-3H3/t10-,12?/m1/s1. The maximum absolute atomic E-state index is 13.1. The number of rotatable bonds is 5. The zero-order valence-corrected chi connectivity index (χ0v) is 17.2. The first-order chi connectivity index (χ1) is 13.9. The summed E-state index contributed by atoms with van der Waals surface area (Å²) in [5.41, 5.74) is -0.253. The average Bonchev–Trinajstić information content (AvgIpc) is 3.28. The SMILES string of the molecule is Cc1noc(C2CCN(C(=O)c3cc(S(C)(=O)=O)ccc3O[C@H](C)C(F)(F)F)C2)n1. The Bertz CT molecular complexity index is 1050. The molecule has 1 fully saturated rings. The third-order valence-electron chi connectivity index (χ3n) is 4.74. The van der Waals surface area contributed by atoms with Crippen LogP contribution in [0.5, 0.6) is 5.75 Å². The molecule has 8 nitrogen and oxygen atoms in total. The van der Waals surface area contributed by atoms with Crippen molar-refractivity contribution in [3.05, 3.63) is 35.5 Å². The van der Waals surface area contributed by atoms with Crippen molar-refractivity contribution in [1.82, 2.24) is 15.0 Å². The van der Waals surface area contributed by atoms with E-state index >= 15 is 0 Å². The van der Waals surface area contributed by atoms with Crippen molar-refractivity contribution in [2.24, 2.45) is 0 Å². The van der Waals surface area contributed by atoms with Crippen molar-refractivity contribution in [2.45, 2.75) is 43.4 Å². The van der Waals surface area contributed by atoms with Gasteiger partial charge in [-0.3, -0.25) is 4.79 Å². The molecule has 0 saturated carbocycles. The number of likely N-dealkylation sites (tertiary alicyclic amines) is 1. The summed E-state index contributed by atoms with van der Waals surface area (Å²) in [6, 6.07) is 3.22. The predicted octanol–water partition coefficient (Wildman–Crippen LogP) is 2.74. The first-order valence-corrected chi connectivity index (χ1v) is 10.9. The van der Waals surface area contributed by atoms with Crippen LogP contribution in [0.15, 0.2) is 27.6 Å². The molecule has 2 aromatic rings. The average molecular weight is 447 g/mol. The summed E-state index contributed by atoms with van der Waals surface area (Å²) >= 11 is 0. The lowest BCUT2D eigenvalue weighted by molar-refractivity contribution is -0.189. The zero-order valence-electron chi connectivity index (χ0n) is 16.4. The highest BCUT2D eigenvalue weighted by molar-refractivity contribution is 7.90. The van der Waals surface area contributed by atoms with Crippen LogP contribution in [-0.2, 0) is 9.84 Å². The Labute approximate surface area is 170 Å². The lowest BCUT2D eigenvalue weighted by Crippen LogP contribution is -2.33. The number of benzene rings is 1. The Balaban J connectivity index is 1.90. The van der Waals surface area contributed by atoms with Gasteiger partial charge in [-0.2, -0.15) is 18.2 Å². The molecule has 1 aliphatic rings. The molecule has 0 spiro atoms. The summed E-state index contributed by atoms with van der Waals surface area (Å²) in [7, 11) is -3.69. The number of hydrogen-bond acceptors (Lipinski definition) is 7. The number of aromatic nitrogens is 2. The van der Waals surface area contributed by atoms with E-state index in [0.717, 1.165) is 31.4 Å². The number of alkyl halides is 3. The highest BCUT2D eigenvalue weighted by Gasteiger charge is 2.39. The minimum atomic E-state index is -4.65. The van der Waals surface area contributed by atoms with E-state index in [9.17, 15) is 26.4 Å². The summed E-state index contributed by atoms with van der Waals surface area (Å²) in [6.45, 7) is 2.97. The van der Waals surface area contributed by atoms with Crippen LogP contribution < -0.4 is 4.74 Å². The lowest BCUT2D eigenvalue weighted by Gasteiger charge is -2.22. The van der Waals surface area contributed by atoms with Crippen LogP contribution in [0.1, 0.15) is 41.3 Å². The molecular formula is C18H20F3N3O5S. The number of carbonyl (C=O) groups is 1. The van der Waals surface area contributed by atoms with Crippen LogP contribution in [0.4, 0.5) is 13.2 Å². The van der Waals surface area contributed by atoms with Crippen LogP contribution in [0, 0.1) is 6.92 Å². The van der Waals surface area contributed by atoms with Crippen molar-refractivity contribution >= 4 is 15.7 Å². The molecule has 12 heteroatoms. The molecule has 0 bridgehead atoms. The van der Waals surface area contributed by atoms with Crippen LogP contribution in [0.25, 0.3) is 0 Å². The smallest absolute Gasteiger partial charge is 0.425 e. The molecule has 1 unspecified atom stereocenters. The molecule has 0 aliphatic carbocycles. The van der Waals surface area contributed by atoms with Gasteiger partial charge in [-0.15, -0.1) is 0 Å². The Morgan fingerprint density at radius 3 is 2.63 bits per heavy atom. The molecule has 1 saturated heterocycles. The van der Waals surface area contributed by atoms with Crippen molar-refractivity contribution in [3.63, 3.8) is 0 Å². The Hall–Kier alpha value is -2.63. The van der Waals surface area contributed by atoms with E-state index in [-0.39, 0.29) is 28.7 Å². The fraction of sp³-hybridized carbons (Fsp3) is 0.500. The van der Waals surface area contributed by atoms with Crippen molar-refractivity contribution < 1.29 is 35.6 Å². The molecule has 1 aliphatic heterocycles. The normalized spacial score (nSPS) is 18.5. The molecule has 2 atom stereocenters. The molecule has 2 heterocycles. The van der Waals surface area contributed by atoms with Gasteiger partial charge in [-0.1, -0.05) is 5.16 Å². The summed E-state index contributed by atoms with van der Waals surface area (Å²) in [4.78, 5) is 18.4. The van der Waals surface area contributed by atoms with Crippen molar-refractivity contribution in [1.29, 1.82) is 0 Å². The molecule has 3 rings (SSSR count). The number of hydrogen-bond donors (Lipinski definition) is 0. The number of nitrogens with zero attached hydrogens (tertiary/aromatic N) is 3. The lowest BCUT2D eigenvalue weighted by atomic mass is 10.1. The van der Waals surface area contributed by atoms with Crippen molar-refractivity contribution in [2.75, 3.05) is 19.3 Å². The highest BCUT2D eigenvalue weighted by atomic mass is 32.2. The quantitative estimate of drug-likeness (QED) is 0.694. The van der Waals surface area contributed by atoms with Gasteiger partial charge in [0, 0.05) is 19.3 Å². The van der Waals surface area contributed by atoms with Crippen LogP contribution in [0.3, 0.4) is 0 Å². The second-order valence-electron chi connectivity index (χ2n) is 7.15. The van der Waals surface area contributed by atoms with Gasteiger partial charge in [0.25, 0.3) is 5.91 Å². The van der Waals surface area contributed by atoms with E-state index in [1.54, 1.807) is 6.92 Å². The van der Waals surface area contributed by atoms with Gasteiger partial charge in [0.15, 0.2) is 21.8 Å². The minimum Gasteiger partial charge on any atom is -0.480 e. The fourth-order valence-electron chi connectivity index (χ4n) is 3.06. The molecule has 0 N–H and O–H groups in total. The Morgan fingerprint density at radius 1 is 1.37 bits per heavy atom. The molecule has 1 amide bonds. The van der Waals surface area contributed by atoms with E-state index in [2.05, 4.69) is 10.1 Å². The van der Waals surface area contributed by atoms with Gasteiger partial charge in [-0.05, 0) is 38.5 Å². The van der Waals surface area contributed by atoms with E-state index in [1.807, 2.05) is 0 Å². The summed E-state index contributed by atoms with van der Waals surface area (Å²) in [5, 5.41) is 3.71. The van der Waals surface area contributed by atoms with Crippen LogP contribution in [0.2, 0.25) is 0 Å². The van der Waals surface area contributed by atoms with Crippen LogP contribution >= 0.6 is 0 Å². The van der Waals surface area contributed by atoms with Crippen molar-refractivity contribution in [3.8, 4) is 5.75 Å². The minimum absolute atomic E-state index is 0.193. The van der Waals surface area contributed by atoms with Gasteiger partial charge in [0.1, 0.15) is 5.75 Å². The first-order valence-electron chi connectivity index (χ1n) is 9.03. The van der Waals surface area contributed by atoms with Crippen LogP contribution in [-0.4, -0.2) is 61.0 Å². The third kappa shape index (κ3) is 4.74. The summed E-state index contributed by atoms with van der Waals surface area (Å²) in [5.74, 6) is -0.369. The maximum Gasteiger partial charge on any atom is 0.425 e. The molecular weight excluding hydrogens is 427 g/mol. The van der Waals surface area contributed by atoms with Gasteiger partial charge in [0.2, 0.25) is 5.89 Å². The second kappa shape index (κ2) is 7.89. The summed E-state index contributed by atoms with van der Waals surface area (Å²) < 4.78 is 72.7. The topological polar surface area (TPSA) is 103 Å². The molecule has 30 heavy (non-hydrogen) atoms. The Kier molecular flexibility index (Phi) is 5.81. The van der Waals surface area contributed by atoms with E-state index in [4.69, 9.17) is 9.26 Å². The molecule has 1 aromatic carbocycles. The maximum atomic E-state index is 13.1. The fourth-order valence-corrected chi connectivity index (χ4v) is 3.71. The Morgan fingerprint density at radius 2 is 2.07 bits per heavy atom. The molecule has 1 aromatic heterocycles. The zero-order chi connectivity index (χ0) is 22.3. The molecule has 164 valence electrons. The number of amides is 1. The van der Waals surface area contributed by atoms with E-state index in [0.29, 0.717) is 24.7 Å². The van der Waals surface area contributed by atoms with E-state index in [1.165, 1.54) is 4.90 Å². The number of ether oxygens (including phenoxy) is 1. The third-order valence-corrected chi connectivity index (χ3v) is 5.85. The van der Waals surface area contributed by atoms with Gasteiger partial charge in [-0.25, -0.2) is 8.42 Å². The van der Waals surface area contributed by atoms with Gasteiger partial charge in [0.05, 0.1) is 16.4 Å². The van der Waals surface area contributed by atoms with Gasteiger partial charge >= 0.3 is 6.18 Å². The number of halogens is 3.